The van der Waals surface area contributed by atoms with Gasteiger partial charge in [0, 0.05) is 12.1 Å². The number of nitrogens with one attached hydrogen (secondary N) is 2. The van der Waals surface area contributed by atoms with Gasteiger partial charge in [0.15, 0.2) is 18.9 Å². The summed E-state index contributed by atoms with van der Waals surface area (Å²) in [7, 11) is 0. The Morgan fingerprint density at radius 2 is 1.70 bits per heavy atom. The van der Waals surface area contributed by atoms with Crippen molar-refractivity contribution in [2.24, 2.45) is 0 Å². The van der Waals surface area contributed by atoms with E-state index in [4.69, 9.17) is 5.11 Å². The summed E-state index contributed by atoms with van der Waals surface area (Å²) < 4.78 is 1.87. The first-order valence-corrected chi connectivity index (χ1v) is 6.18. The number of amides is 2. The average Bonchev–Trinajstić information content (AvgIpc) is 2.42. The zero-order chi connectivity index (χ0) is 15.0. The molecule has 108 valence electrons. The number of aromatic nitrogens is 1. The molecule has 0 unspecified atom stereocenters. The molecule has 0 atom stereocenters. The summed E-state index contributed by atoms with van der Waals surface area (Å²) in [4.78, 5) is 32.9. The van der Waals surface area contributed by atoms with Gasteiger partial charge in [-0.3, -0.25) is 14.4 Å². The van der Waals surface area contributed by atoms with E-state index in [1.807, 2.05) is 36.0 Å². The molecule has 3 N–H and O–H groups in total. The normalized spacial score (nSPS) is 9.85. The van der Waals surface area contributed by atoms with Crippen LogP contribution in [0, 0.1) is 6.92 Å². The van der Waals surface area contributed by atoms with Crippen molar-refractivity contribution < 1.29 is 24.1 Å². The SMILES string of the molecule is Cc1cc[n+](CCC(=O)NCC(=O)NCC(=O)O)cc1. The van der Waals surface area contributed by atoms with Crippen LogP contribution in [0.1, 0.15) is 12.0 Å². The monoisotopic (exact) mass is 280 g/mol. The summed E-state index contributed by atoms with van der Waals surface area (Å²) >= 11 is 0. The summed E-state index contributed by atoms with van der Waals surface area (Å²) in [6, 6.07) is 3.88. The Morgan fingerprint density at radius 3 is 2.30 bits per heavy atom. The van der Waals surface area contributed by atoms with Crippen molar-refractivity contribution in [3.8, 4) is 0 Å². The van der Waals surface area contributed by atoms with E-state index in [1.54, 1.807) is 0 Å². The Hall–Kier alpha value is -2.44. The first-order valence-electron chi connectivity index (χ1n) is 6.18. The molecule has 0 aliphatic heterocycles. The lowest BCUT2D eigenvalue weighted by Crippen LogP contribution is -2.41. The van der Waals surface area contributed by atoms with E-state index in [0.717, 1.165) is 5.56 Å². The standard InChI is InChI=1S/C13H17N3O4/c1-10-2-5-16(6-3-10)7-4-11(17)14-8-12(18)15-9-13(19)20/h2-3,5-6H,4,7-9H2,1H3,(H2-,14,15,17,18,19,20)/p+1. The largest absolute Gasteiger partial charge is 0.480 e. The van der Waals surface area contributed by atoms with Crippen LogP contribution >= 0.6 is 0 Å². The highest BCUT2D eigenvalue weighted by Gasteiger charge is 2.09. The Bertz CT molecular complexity index is 485. The third-order valence-electron chi connectivity index (χ3n) is 2.54. The molecule has 0 aromatic carbocycles. The quantitative estimate of drug-likeness (QED) is 0.557. The number of hydrogen-bond donors (Lipinski definition) is 3. The average molecular weight is 280 g/mol. The van der Waals surface area contributed by atoms with E-state index in [9.17, 15) is 14.4 Å². The Kier molecular flexibility index (Phi) is 6.15. The van der Waals surface area contributed by atoms with E-state index in [1.165, 1.54) is 0 Å². The van der Waals surface area contributed by atoms with Gasteiger partial charge in [-0.25, -0.2) is 4.57 Å². The highest BCUT2D eigenvalue weighted by Crippen LogP contribution is 1.90. The molecule has 1 aromatic heterocycles. The number of carboxylic acid groups (broad SMARTS) is 1. The minimum absolute atomic E-state index is 0.218. The van der Waals surface area contributed by atoms with Crippen molar-refractivity contribution in [1.29, 1.82) is 0 Å². The topological polar surface area (TPSA) is 99.4 Å². The zero-order valence-electron chi connectivity index (χ0n) is 11.3. The van der Waals surface area contributed by atoms with E-state index in [0.29, 0.717) is 6.54 Å². The molecule has 1 heterocycles. The van der Waals surface area contributed by atoms with Gasteiger partial charge in [0.25, 0.3) is 0 Å². The molecule has 0 spiro atoms. The van der Waals surface area contributed by atoms with Crippen molar-refractivity contribution in [1.82, 2.24) is 10.6 Å². The van der Waals surface area contributed by atoms with Gasteiger partial charge in [0.2, 0.25) is 11.8 Å². The molecule has 0 aliphatic carbocycles. The first kappa shape index (κ1) is 15.6. The molecule has 7 nitrogen and oxygen atoms in total. The summed E-state index contributed by atoms with van der Waals surface area (Å²) in [5, 5.41) is 13.0. The minimum atomic E-state index is -1.12. The third-order valence-corrected chi connectivity index (χ3v) is 2.54. The number of rotatable bonds is 7. The van der Waals surface area contributed by atoms with Crippen LogP contribution in [0.5, 0.6) is 0 Å². The van der Waals surface area contributed by atoms with Crippen molar-refractivity contribution in [3.05, 3.63) is 30.1 Å². The maximum Gasteiger partial charge on any atom is 0.322 e. The van der Waals surface area contributed by atoms with Crippen molar-refractivity contribution >= 4 is 17.8 Å². The van der Waals surface area contributed by atoms with E-state index >= 15 is 0 Å². The second-order valence-electron chi connectivity index (χ2n) is 4.31. The molecule has 2 amide bonds. The van der Waals surface area contributed by atoms with Crippen LogP contribution in [0.25, 0.3) is 0 Å². The van der Waals surface area contributed by atoms with E-state index < -0.39 is 18.4 Å². The van der Waals surface area contributed by atoms with Gasteiger partial charge in [-0.2, -0.15) is 0 Å². The Labute approximate surface area is 116 Å². The fourth-order valence-corrected chi connectivity index (χ4v) is 1.42. The van der Waals surface area contributed by atoms with Crippen LogP contribution in [-0.4, -0.2) is 36.0 Å². The number of aliphatic carboxylic acids is 1. The number of aryl methyl sites for hydroxylation is 2. The lowest BCUT2D eigenvalue weighted by molar-refractivity contribution is -0.695. The molecule has 20 heavy (non-hydrogen) atoms. The maximum atomic E-state index is 11.5. The van der Waals surface area contributed by atoms with Gasteiger partial charge in [0.05, 0.1) is 13.0 Å². The van der Waals surface area contributed by atoms with Gasteiger partial charge in [-0.15, -0.1) is 0 Å². The lowest BCUT2D eigenvalue weighted by Gasteiger charge is -2.04. The molecular formula is C13H18N3O4+. The highest BCUT2D eigenvalue weighted by atomic mass is 16.4. The van der Waals surface area contributed by atoms with Crippen LogP contribution in [0.2, 0.25) is 0 Å². The Balaban J connectivity index is 2.21. The zero-order valence-corrected chi connectivity index (χ0v) is 11.3. The number of pyridine rings is 1. The summed E-state index contributed by atoms with van der Waals surface area (Å²) in [6.07, 6.45) is 4.00. The molecule has 1 aromatic rings. The lowest BCUT2D eigenvalue weighted by atomic mass is 10.3. The van der Waals surface area contributed by atoms with Crippen molar-refractivity contribution in [2.45, 2.75) is 19.9 Å². The van der Waals surface area contributed by atoms with Gasteiger partial charge < -0.3 is 15.7 Å². The number of carbonyl (C=O) groups is 3. The summed E-state index contributed by atoms with van der Waals surface area (Å²) in [5.41, 5.74) is 1.14. The van der Waals surface area contributed by atoms with Crippen LogP contribution in [0.15, 0.2) is 24.5 Å². The second-order valence-corrected chi connectivity index (χ2v) is 4.31. The van der Waals surface area contributed by atoms with Crippen LogP contribution < -0.4 is 15.2 Å². The highest BCUT2D eigenvalue weighted by molar-refractivity contribution is 5.86. The molecular weight excluding hydrogens is 262 g/mol. The summed E-state index contributed by atoms with van der Waals surface area (Å²) in [6.45, 7) is 1.83. The first-order chi connectivity index (χ1) is 9.47. The van der Waals surface area contributed by atoms with Gasteiger partial charge in [-0.05, 0) is 12.5 Å². The Morgan fingerprint density at radius 1 is 1.10 bits per heavy atom. The van der Waals surface area contributed by atoms with Gasteiger partial charge in [0.1, 0.15) is 6.54 Å². The third kappa shape index (κ3) is 6.48. The molecule has 0 radical (unpaired) electrons. The van der Waals surface area contributed by atoms with Crippen LogP contribution in [0.3, 0.4) is 0 Å². The fourth-order valence-electron chi connectivity index (χ4n) is 1.42. The van der Waals surface area contributed by atoms with Crippen LogP contribution in [-0.2, 0) is 20.9 Å². The number of hydrogen-bond acceptors (Lipinski definition) is 3. The fraction of sp³-hybridized carbons (Fsp3) is 0.385. The minimum Gasteiger partial charge on any atom is -0.480 e. The second kappa shape index (κ2) is 7.88. The van der Waals surface area contributed by atoms with Gasteiger partial charge >= 0.3 is 5.97 Å². The molecule has 0 saturated heterocycles. The number of carbonyl (C=O) groups excluding carboxylic acids is 2. The number of carboxylic acids is 1. The van der Waals surface area contributed by atoms with Crippen molar-refractivity contribution in [2.75, 3.05) is 13.1 Å². The van der Waals surface area contributed by atoms with Gasteiger partial charge in [-0.1, -0.05) is 0 Å². The van der Waals surface area contributed by atoms with Crippen LogP contribution in [0.4, 0.5) is 0 Å². The molecule has 7 heteroatoms. The summed E-state index contributed by atoms with van der Waals surface area (Å²) in [5.74, 6) is -1.91. The molecule has 1 rings (SSSR count). The number of nitrogens with zero attached hydrogens (tertiary/aromatic N) is 1. The molecule has 0 aliphatic rings. The van der Waals surface area contributed by atoms with Crippen molar-refractivity contribution in [3.63, 3.8) is 0 Å². The predicted molar refractivity (Wildman–Crippen MR) is 69.6 cm³/mol. The molecule has 0 fully saturated rings. The van der Waals surface area contributed by atoms with E-state index in [2.05, 4.69) is 10.6 Å². The maximum absolute atomic E-state index is 11.5. The van der Waals surface area contributed by atoms with E-state index in [-0.39, 0.29) is 18.9 Å². The smallest absolute Gasteiger partial charge is 0.322 e. The molecule has 0 bridgehead atoms. The predicted octanol–water partition coefficient (Wildman–Crippen LogP) is -1.01. The molecule has 0 saturated carbocycles.